The predicted octanol–water partition coefficient (Wildman–Crippen LogP) is 3.14. The summed E-state index contributed by atoms with van der Waals surface area (Å²) in [4.78, 5) is 12.7. The second-order valence-corrected chi connectivity index (χ2v) is 8.05. The molecule has 0 saturated heterocycles. The van der Waals surface area contributed by atoms with Crippen molar-refractivity contribution < 1.29 is 13.2 Å². The van der Waals surface area contributed by atoms with Crippen LogP contribution in [0.2, 0.25) is 0 Å². The third-order valence-corrected chi connectivity index (χ3v) is 5.41. The van der Waals surface area contributed by atoms with Crippen molar-refractivity contribution in [2.24, 2.45) is 0 Å². The van der Waals surface area contributed by atoms with Gasteiger partial charge in [0.2, 0.25) is 10.0 Å². The number of amides is 1. The van der Waals surface area contributed by atoms with E-state index in [1.54, 1.807) is 24.3 Å². The van der Waals surface area contributed by atoms with Crippen LogP contribution < -0.4 is 9.62 Å². The Morgan fingerprint density at radius 2 is 1.72 bits per heavy atom. The summed E-state index contributed by atoms with van der Waals surface area (Å²) in [6, 6.07) is 14.6. The molecule has 0 spiro atoms. The summed E-state index contributed by atoms with van der Waals surface area (Å²) in [5.74, 6) is -0.307. The number of sulfonamides is 1. The monoisotopic (exact) mass is 360 g/mol. The highest BCUT2D eigenvalue weighted by atomic mass is 32.2. The van der Waals surface area contributed by atoms with Gasteiger partial charge < -0.3 is 5.32 Å². The van der Waals surface area contributed by atoms with E-state index in [9.17, 15) is 13.2 Å². The molecular weight excluding hydrogens is 336 g/mol. The van der Waals surface area contributed by atoms with Crippen LogP contribution in [0.3, 0.4) is 0 Å². The molecule has 6 heteroatoms. The average molecular weight is 360 g/mol. The van der Waals surface area contributed by atoms with Gasteiger partial charge in [-0.25, -0.2) is 8.42 Å². The molecule has 134 valence electrons. The smallest absolute Gasteiger partial charge is 0.253 e. The van der Waals surface area contributed by atoms with Crippen LogP contribution in [-0.2, 0) is 16.4 Å². The highest BCUT2D eigenvalue weighted by molar-refractivity contribution is 7.92. The van der Waals surface area contributed by atoms with Crippen LogP contribution in [0.4, 0.5) is 5.69 Å². The molecule has 25 heavy (non-hydrogen) atoms. The van der Waals surface area contributed by atoms with Crippen molar-refractivity contribution in [3.8, 4) is 0 Å². The van der Waals surface area contributed by atoms with E-state index >= 15 is 0 Å². The van der Waals surface area contributed by atoms with Crippen LogP contribution in [0.1, 0.15) is 41.4 Å². The molecule has 0 fully saturated rings. The molecule has 1 atom stereocenters. The zero-order valence-corrected chi connectivity index (χ0v) is 15.8. The molecule has 0 aliphatic heterocycles. The molecule has 0 aliphatic rings. The number of rotatable bonds is 6. The number of para-hydroxylation sites is 1. The number of hydrogen-bond donors (Lipinski definition) is 1. The van der Waals surface area contributed by atoms with E-state index in [0.717, 1.165) is 22.5 Å². The maximum Gasteiger partial charge on any atom is 0.253 e. The molecule has 5 nitrogen and oxygen atoms in total. The van der Waals surface area contributed by atoms with E-state index in [4.69, 9.17) is 0 Å². The van der Waals surface area contributed by atoms with Crippen molar-refractivity contribution in [2.45, 2.75) is 26.3 Å². The molecule has 0 saturated carbocycles. The van der Waals surface area contributed by atoms with E-state index in [1.807, 2.05) is 31.2 Å². The third-order valence-electron chi connectivity index (χ3n) is 4.22. The maximum absolute atomic E-state index is 12.7. The zero-order chi connectivity index (χ0) is 18.6. The van der Waals surface area contributed by atoms with Crippen molar-refractivity contribution in [3.05, 3.63) is 65.2 Å². The van der Waals surface area contributed by atoms with E-state index in [1.165, 1.54) is 12.6 Å². The molecule has 0 bridgehead atoms. The number of carbonyl (C=O) groups is 1. The van der Waals surface area contributed by atoms with E-state index in [0.29, 0.717) is 11.3 Å². The first-order valence-electron chi connectivity index (χ1n) is 8.16. The quantitative estimate of drug-likeness (QED) is 0.861. The lowest BCUT2D eigenvalue weighted by Crippen LogP contribution is -2.31. The first kappa shape index (κ1) is 19.0. The van der Waals surface area contributed by atoms with Gasteiger partial charge in [0.05, 0.1) is 23.5 Å². The SMILES string of the molecule is CCc1ccc([C@@H](C)NC(=O)c2ccccc2N(C)S(C)(=O)=O)cc1. The fourth-order valence-electron chi connectivity index (χ4n) is 2.52. The minimum absolute atomic E-state index is 0.185. The van der Waals surface area contributed by atoms with Crippen LogP contribution in [0, 0.1) is 0 Å². The Balaban J connectivity index is 2.23. The fraction of sp³-hybridized carbons (Fsp3) is 0.316. The van der Waals surface area contributed by atoms with E-state index in [-0.39, 0.29) is 11.9 Å². The Morgan fingerprint density at radius 3 is 2.28 bits per heavy atom. The van der Waals surface area contributed by atoms with Gasteiger partial charge in [0.25, 0.3) is 5.91 Å². The zero-order valence-electron chi connectivity index (χ0n) is 15.0. The summed E-state index contributed by atoms with van der Waals surface area (Å²) in [5, 5.41) is 2.94. The molecule has 2 rings (SSSR count). The normalized spacial score (nSPS) is 12.5. The number of hydrogen-bond acceptors (Lipinski definition) is 3. The molecule has 2 aromatic carbocycles. The van der Waals surface area contributed by atoms with Crippen molar-refractivity contribution in [3.63, 3.8) is 0 Å². The summed E-state index contributed by atoms with van der Waals surface area (Å²) in [6.45, 7) is 4.00. The first-order chi connectivity index (χ1) is 11.7. The van der Waals surface area contributed by atoms with Crippen molar-refractivity contribution in [2.75, 3.05) is 17.6 Å². The second-order valence-electron chi connectivity index (χ2n) is 6.04. The largest absolute Gasteiger partial charge is 0.345 e. The van der Waals surface area contributed by atoms with Crippen LogP contribution in [0.5, 0.6) is 0 Å². The predicted molar refractivity (Wildman–Crippen MR) is 101 cm³/mol. The molecule has 0 radical (unpaired) electrons. The summed E-state index contributed by atoms with van der Waals surface area (Å²) in [6.07, 6.45) is 2.08. The number of nitrogens with one attached hydrogen (secondary N) is 1. The van der Waals surface area contributed by atoms with Gasteiger partial charge in [-0.05, 0) is 36.6 Å². The number of aryl methyl sites for hydroxylation is 1. The van der Waals surface area contributed by atoms with Crippen LogP contribution in [0.15, 0.2) is 48.5 Å². The van der Waals surface area contributed by atoms with Crippen LogP contribution in [-0.4, -0.2) is 27.6 Å². The number of benzene rings is 2. The number of carbonyl (C=O) groups excluding carboxylic acids is 1. The highest BCUT2D eigenvalue weighted by Gasteiger charge is 2.20. The minimum atomic E-state index is -3.45. The number of nitrogens with zero attached hydrogens (tertiary/aromatic N) is 1. The van der Waals surface area contributed by atoms with Gasteiger partial charge in [-0.3, -0.25) is 9.10 Å². The Labute approximate surface area is 149 Å². The summed E-state index contributed by atoms with van der Waals surface area (Å²) < 4.78 is 24.7. The Kier molecular flexibility index (Phi) is 5.85. The molecular formula is C19H24N2O3S. The summed E-state index contributed by atoms with van der Waals surface area (Å²) in [7, 11) is -2.01. The maximum atomic E-state index is 12.7. The molecule has 2 aromatic rings. The summed E-state index contributed by atoms with van der Waals surface area (Å²) in [5.41, 5.74) is 2.92. The fourth-order valence-corrected chi connectivity index (χ4v) is 3.04. The Morgan fingerprint density at radius 1 is 1.12 bits per heavy atom. The van der Waals surface area contributed by atoms with Gasteiger partial charge in [0, 0.05) is 7.05 Å². The van der Waals surface area contributed by atoms with Crippen LogP contribution in [0.25, 0.3) is 0 Å². The highest BCUT2D eigenvalue weighted by Crippen LogP contribution is 2.22. The standard InChI is InChI=1S/C19H24N2O3S/c1-5-15-10-12-16(13-11-15)14(2)20-19(22)17-8-6-7-9-18(17)21(3)25(4,23)24/h6-14H,5H2,1-4H3,(H,20,22)/t14-/m1/s1. The van der Waals surface area contributed by atoms with Gasteiger partial charge in [-0.1, -0.05) is 43.3 Å². The van der Waals surface area contributed by atoms with Crippen molar-refractivity contribution in [1.82, 2.24) is 5.32 Å². The van der Waals surface area contributed by atoms with E-state index in [2.05, 4.69) is 12.2 Å². The molecule has 0 aliphatic carbocycles. The van der Waals surface area contributed by atoms with Gasteiger partial charge in [-0.15, -0.1) is 0 Å². The van der Waals surface area contributed by atoms with E-state index < -0.39 is 10.0 Å². The minimum Gasteiger partial charge on any atom is -0.345 e. The van der Waals surface area contributed by atoms with Crippen molar-refractivity contribution >= 4 is 21.6 Å². The lowest BCUT2D eigenvalue weighted by atomic mass is 10.0. The molecule has 1 amide bonds. The average Bonchev–Trinajstić information content (AvgIpc) is 2.60. The third kappa shape index (κ3) is 4.60. The molecule has 0 unspecified atom stereocenters. The second kappa shape index (κ2) is 7.70. The topological polar surface area (TPSA) is 66.5 Å². The first-order valence-corrected chi connectivity index (χ1v) is 10.0. The van der Waals surface area contributed by atoms with Gasteiger partial charge in [-0.2, -0.15) is 0 Å². The molecule has 0 heterocycles. The lowest BCUT2D eigenvalue weighted by molar-refractivity contribution is 0.0940. The number of anilines is 1. The Bertz CT molecular complexity index is 845. The lowest BCUT2D eigenvalue weighted by Gasteiger charge is -2.21. The molecule has 1 N–H and O–H groups in total. The van der Waals surface area contributed by atoms with Gasteiger partial charge in [0.1, 0.15) is 0 Å². The van der Waals surface area contributed by atoms with Gasteiger partial charge in [0.15, 0.2) is 0 Å². The van der Waals surface area contributed by atoms with Crippen molar-refractivity contribution in [1.29, 1.82) is 0 Å². The van der Waals surface area contributed by atoms with Gasteiger partial charge >= 0.3 is 0 Å². The molecule has 0 aromatic heterocycles. The Hall–Kier alpha value is -2.34. The van der Waals surface area contributed by atoms with Crippen LogP contribution >= 0.6 is 0 Å². The summed E-state index contributed by atoms with van der Waals surface area (Å²) >= 11 is 0.